The Morgan fingerprint density at radius 2 is 1.71 bits per heavy atom. The maximum atomic E-state index is 10.6. The molecule has 0 fully saturated rings. The van der Waals surface area contributed by atoms with E-state index in [1.165, 1.54) is 12.1 Å². The minimum atomic E-state index is -3.87. The van der Waals surface area contributed by atoms with Crippen LogP contribution in [0.3, 0.4) is 0 Å². The fraction of sp³-hybridized carbons (Fsp3) is 0. The average Bonchev–Trinajstić information content (AvgIpc) is 1.96. The maximum Gasteiger partial charge on any atom is 0.296 e. The van der Waals surface area contributed by atoms with Crippen LogP contribution in [0.1, 0.15) is 0 Å². The highest BCUT2D eigenvalue weighted by Crippen LogP contribution is 2.34. The van der Waals surface area contributed by atoms with Gasteiger partial charge in [0.2, 0.25) is 0 Å². The molecule has 14 heavy (non-hydrogen) atoms. The molecular weight excluding hydrogens is 251 g/mol. The van der Waals surface area contributed by atoms with Gasteiger partial charge in [-0.2, -0.15) is 8.42 Å². The van der Waals surface area contributed by atoms with Crippen LogP contribution in [-0.4, -0.2) is 13.5 Å². The van der Waals surface area contributed by atoms with Crippen LogP contribution in [0.4, 0.5) is 5.69 Å². The Morgan fingerprint density at radius 3 is 2.07 bits per heavy atom. The Kier molecular flexibility index (Phi) is 3.10. The van der Waals surface area contributed by atoms with Crippen LogP contribution >= 0.6 is 23.2 Å². The molecule has 1 aromatic carbocycles. The number of nitrogens with two attached hydrogens (primary N) is 1. The topological polar surface area (TPSA) is 92.4 Å². The highest BCUT2D eigenvalue weighted by molar-refractivity contribution is 7.90. The lowest BCUT2D eigenvalue weighted by molar-refractivity contribution is 0.476. The Bertz CT molecular complexity index is 437. The second-order valence-electron chi connectivity index (χ2n) is 2.44. The molecule has 0 saturated carbocycles. The molecule has 0 aromatic heterocycles. The molecule has 5 nitrogen and oxygen atoms in total. The normalized spacial score (nSPS) is 11.4. The number of aromatic hydroxyl groups is 1. The number of hydrogen-bond donors (Lipinski definition) is 3. The number of phenolic OH excluding ortho intramolecular Hbond substituents is 1. The summed E-state index contributed by atoms with van der Waals surface area (Å²) in [5.74, 6) is -0.312. The van der Waals surface area contributed by atoms with E-state index in [1.807, 2.05) is 4.72 Å². The van der Waals surface area contributed by atoms with Crippen LogP contribution in [0.2, 0.25) is 10.0 Å². The van der Waals surface area contributed by atoms with Gasteiger partial charge < -0.3 is 5.11 Å². The van der Waals surface area contributed by atoms with Crippen LogP contribution in [-0.2, 0) is 10.2 Å². The van der Waals surface area contributed by atoms with E-state index >= 15 is 0 Å². The lowest BCUT2D eigenvalue weighted by Gasteiger charge is -2.06. The van der Waals surface area contributed by atoms with Crippen molar-refractivity contribution in [2.75, 3.05) is 4.72 Å². The molecule has 0 aliphatic carbocycles. The smallest absolute Gasteiger partial charge is 0.296 e. The lowest BCUT2D eigenvalue weighted by Crippen LogP contribution is -2.21. The van der Waals surface area contributed by atoms with Crippen LogP contribution in [0.25, 0.3) is 0 Å². The standard InChI is InChI=1S/C6H6Cl2N2O3S/c7-4-1-3(10-14(9,12)13)2-5(8)6(4)11/h1-2,10-11H,(H2,9,12,13). The van der Waals surface area contributed by atoms with Gasteiger partial charge in [-0.1, -0.05) is 23.2 Å². The molecule has 0 spiro atoms. The van der Waals surface area contributed by atoms with Gasteiger partial charge in [-0.3, -0.25) is 4.72 Å². The van der Waals surface area contributed by atoms with E-state index in [-0.39, 0.29) is 21.5 Å². The van der Waals surface area contributed by atoms with E-state index in [2.05, 4.69) is 0 Å². The fourth-order valence-corrected chi connectivity index (χ4v) is 1.72. The van der Waals surface area contributed by atoms with Crippen molar-refractivity contribution in [2.24, 2.45) is 5.14 Å². The largest absolute Gasteiger partial charge is 0.505 e. The van der Waals surface area contributed by atoms with Crippen molar-refractivity contribution in [3.63, 3.8) is 0 Å². The molecule has 0 radical (unpaired) electrons. The molecule has 0 saturated heterocycles. The zero-order valence-electron chi connectivity index (χ0n) is 6.66. The van der Waals surface area contributed by atoms with Gasteiger partial charge in [-0.25, -0.2) is 5.14 Å². The molecule has 0 bridgehead atoms. The molecule has 8 heteroatoms. The van der Waals surface area contributed by atoms with Gasteiger partial charge in [0, 0.05) is 0 Å². The quantitative estimate of drug-likeness (QED) is 0.697. The summed E-state index contributed by atoms with van der Waals surface area (Å²) >= 11 is 11.1. The van der Waals surface area contributed by atoms with Gasteiger partial charge in [0.15, 0.2) is 5.75 Å². The number of hydrogen-bond acceptors (Lipinski definition) is 3. The molecule has 1 aromatic rings. The van der Waals surface area contributed by atoms with Crippen LogP contribution in [0.15, 0.2) is 12.1 Å². The van der Waals surface area contributed by atoms with Gasteiger partial charge >= 0.3 is 0 Å². The van der Waals surface area contributed by atoms with Crippen molar-refractivity contribution in [2.45, 2.75) is 0 Å². The highest BCUT2D eigenvalue weighted by atomic mass is 35.5. The van der Waals surface area contributed by atoms with Crippen molar-refractivity contribution in [1.82, 2.24) is 0 Å². The van der Waals surface area contributed by atoms with Crippen molar-refractivity contribution in [3.8, 4) is 5.75 Å². The van der Waals surface area contributed by atoms with Gasteiger partial charge in [0.25, 0.3) is 10.2 Å². The van der Waals surface area contributed by atoms with E-state index in [4.69, 9.17) is 33.4 Å². The van der Waals surface area contributed by atoms with Crippen LogP contribution < -0.4 is 9.86 Å². The van der Waals surface area contributed by atoms with E-state index < -0.39 is 10.2 Å². The summed E-state index contributed by atoms with van der Waals surface area (Å²) in [7, 11) is -3.87. The number of nitrogens with one attached hydrogen (secondary N) is 1. The summed E-state index contributed by atoms with van der Waals surface area (Å²) < 4.78 is 23.2. The maximum absolute atomic E-state index is 10.6. The van der Waals surface area contributed by atoms with E-state index in [9.17, 15) is 8.42 Å². The van der Waals surface area contributed by atoms with E-state index in [1.54, 1.807) is 0 Å². The molecule has 0 unspecified atom stereocenters. The third-order valence-corrected chi connectivity index (χ3v) is 2.37. The molecule has 0 atom stereocenters. The highest BCUT2D eigenvalue weighted by Gasteiger charge is 2.09. The van der Waals surface area contributed by atoms with Crippen molar-refractivity contribution in [1.29, 1.82) is 0 Å². The Labute approximate surface area is 90.6 Å². The minimum Gasteiger partial charge on any atom is -0.505 e. The molecule has 4 N–H and O–H groups in total. The van der Waals surface area contributed by atoms with Crippen molar-refractivity contribution in [3.05, 3.63) is 22.2 Å². The predicted molar refractivity (Wildman–Crippen MR) is 54.9 cm³/mol. The number of halogens is 2. The fourth-order valence-electron chi connectivity index (χ4n) is 0.789. The summed E-state index contributed by atoms with van der Waals surface area (Å²) in [4.78, 5) is 0. The summed E-state index contributed by atoms with van der Waals surface area (Å²) in [6, 6.07) is 2.38. The molecule has 1 rings (SSSR count). The first-order valence-corrected chi connectivity index (χ1v) is 5.58. The third kappa shape index (κ3) is 2.91. The van der Waals surface area contributed by atoms with Crippen molar-refractivity contribution < 1.29 is 13.5 Å². The number of phenols is 1. The first kappa shape index (κ1) is 11.4. The summed E-state index contributed by atoms with van der Waals surface area (Å²) in [5, 5.41) is 13.7. The molecule has 78 valence electrons. The average molecular weight is 257 g/mol. The van der Waals surface area contributed by atoms with Gasteiger partial charge in [0.05, 0.1) is 15.7 Å². The van der Waals surface area contributed by atoms with E-state index in [0.29, 0.717) is 0 Å². The Morgan fingerprint density at radius 1 is 1.29 bits per heavy atom. The third-order valence-electron chi connectivity index (χ3n) is 1.28. The lowest BCUT2D eigenvalue weighted by atomic mass is 10.3. The number of rotatable bonds is 2. The van der Waals surface area contributed by atoms with Gasteiger partial charge in [-0.15, -0.1) is 0 Å². The number of anilines is 1. The van der Waals surface area contributed by atoms with Gasteiger partial charge in [0.1, 0.15) is 0 Å². The molecule has 0 heterocycles. The molecular formula is C6H6Cl2N2O3S. The van der Waals surface area contributed by atoms with Crippen LogP contribution in [0.5, 0.6) is 5.75 Å². The zero-order valence-corrected chi connectivity index (χ0v) is 8.99. The van der Waals surface area contributed by atoms with Crippen LogP contribution in [0, 0.1) is 0 Å². The first-order chi connectivity index (χ1) is 6.29. The predicted octanol–water partition coefficient (Wildman–Crippen LogP) is 1.31. The summed E-state index contributed by atoms with van der Waals surface area (Å²) in [5.41, 5.74) is 0.0836. The molecule has 0 aliphatic rings. The molecule has 0 aliphatic heterocycles. The number of benzene rings is 1. The second-order valence-corrected chi connectivity index (χ2v) is 4.54. The Balaban J connectivity index is 3.14. The summed E-state index contributed by atoms with van der Waals surface area (Å²) in [6.45, 7) is 0. The van der Waals surface area contributed by atoms with E-state index in [0.717, 1.165) is 0 Å². The second kappa shape index (κ2) is 3.82. The molecule has 0 amide bonds. The summed E-state index contributed by atoms with van der Waals surface area (Å²) in [6.07, 6.45) is 0. The SMILES string of the molecule is NS(=O)(=O)Nc1cc(Cl)c(O)c(Cl)c1. The van der Waals surface area contributed by atoms with Crippen molar-refractivity contribution >= 4 is 39.1 Å². The Hall–Kier alpha value is -0.690. The first-order valence-electron chi connectivity index (χ1n) is 3.28. The monoisotopic (exact) mass is 256 g/mol. The zero-order chi connectivity index (χ0) is 10.9. The van der Waals surface area contributed by atoms with Gasteiger partial charge in [-0.05, 0) is 12.1 Å². The minimum absolute atomic E-state index is 0.0661.